The maximum absolute atomic E-state index is 12.2. The first-order chi connectivity index (χ1) is 14.6. The van der Waals surface area contributed by atoms with E-state index in [1.165, 1.54) is 17.1 Å². The Morgan fingerprint density at radius 3 is 2.70 bits per heavy atom. The summed E-state index contributed by atoms with van der Waals surface area (Å²) >= 11 is 1.34. The van der Waals surface area contributed by atoms with Gasteiger partial charge in [0, 0.05) is 12.7 Å². The van der Waals surface area contributed by atoms with Crippen molar-refractivity contribution in [1.82, 2.24) is 14.8 Å². The Morgan fingerprint density at radius 2 is 1.87 bits per heavy atom. The summed E-state index contributed by atoms with van der Waals surface area (Å²) in [6.07, 6.45) is 0. The molecule has 6 nitrogen and oxygen atoms in total. The molecule has 0 unspecified atom stereocenters. The van der Waals surface area contributed by atoms with Crippen molar-refractivity contribution in [3.05, 3.63) is 78.1 Å². The van der Waals surface area contributed by atoms with Gasteiger partial charge in [-0.2, -0.15) is 0 Å². The predicted octanol–water partition coefficient (Wildman–Crippen LogP) is 4.59. The maximum atomic E-state index is 12.2. The van der Waals surface area contributed by atoms with Crippen LogP contribution in [-0.2, 0) is 18.4 Å². The molecule has 3 aromatic carbocycles. The zero-order chi connectivity index (χ0) is 20.9. The van der Waals surface area contributed by atoms with E-state index in [4.69, 9.17) is 4.74 Å². The molecule has 4 aromatic rings. The summed E-state index contributed by atoms with van der Waals surface area (Å²) in [5, 5.41) is 14.3. The normalized spacial score (nSPS) is 10.9. The van der Waals surface area contributed by atoms with E-state index in [9.17, 15) is 4.79 Å². The van der Waals surface area contributed by atoms with E-state index in [-0.39, 0.29) is 11.7 Å². The number of benzene rings is 3. The zero-order valence-electron chi connectivity index (χ0n) is 16.8. The van der Waals surface area contributed by atoms with Crippen molar-refractivity contribution in [2.45, 2.75) is 18.7 Å². The van der Waals surface area contributed by atoms with E-state index in [2.05, 4.69) is 27.6 Å². The van der Waals surface area contributed by atoms with E-state index in [1.807, 2.05) is 73.1 Å². The van der Waals surface area contributed by atoms with Crippen molar-refractivity contribution in [3.63, 3.8) is 0 Å². The smallest absolute Gasteiger partial charge is 0.234 e. The number of nitrogens with zero attached hydrogens (tertiary/aromatic N) is 3. The van der Waals surface area contributed by atoms with Crippen molar-refractivity contribution in [3.8, 4) is 5.75 Å². The Kier molecular flexibility index (Phi) is 5.99. The number of nitrogens with one attached hydrogen (secondary N) is 1. The third-order valence-electron chi connectivity index (χ3n) is 4.65. The van der Waals surface area contributed by atoms with Gasteiger partial charge in [0.25, 0.3) is 0 Å². The number of carbonyl (C=O) groups is 1. The first kappa shape index (κ1) is 20.0. The molecule has 30 heavy (non-hydrogen) atoms. The van der Waals surface area contributed by atoms with Crippen LogP contribution in [0.25, 0.3) is 10.8 Å². The minimum Gasteiger partial charge on any atom is -0.486 e. The Bertz CT molecular complexity index is 1190. The van der Waals surface area contributed by atoms with Crippen molar-refractivity contribution >= 4 is 34.1 Å². The van der Waals surface area contributed by atoms with Gasteiger partial charge in [-0.25, -0.2) is 0 Å². The molecule has 0 atom stereocenters. The van der Waals surface area contributed by atoms with E-state index in [0.717, 1.165) is 22.4 Å². The fraction of sp³-hybridized carbons (Fsp3) is 0.174. The van der Waals surface area contributed by atoms with Gasteiger partial charge >= 0.3 is 0 Å². The van der Waals surface area contributed by atoms with Crippen LogP contribution in [0, 0.1) is 6.92 Å². The van der Waals surface area contributed by atoms with Gasteiger partial charge in [0.1, 0.15) is 12.4 Å². The van der Waals surface area contributed by atoms with Crippen LogP contribution in [0.15, 0.2) is 71.9 Å². The highest BCUT2D eigenvalue weighted by Gasteiger charge is 2.12. The number of carbonyl (C=O) groups excluding carboxylic acids is 1. The first-order valence-corrected chi connectivity index (χ1v) is 10.6. The monoisotopic (exact) mass is 418 g/mol. The van der Waals surface area contributed by atoms with Crippen LogP contribution < -0.4 is 10.1 Å². The van der Waals surface area contributed by atoms with Crippen LogP contribution in [0.2, 0.25) is 0 Å². The van der Waals surface area contributed by atoms with Crippen molar-refractivity contribution in [2.75, 3.05) is 11.1 Å². The summed E-state index contributed by atoms with van der Waals surface area (Å²) in [5.74, 6) is 1.65. The molecular weight excluding hydrogens is 396 g/mol. The Labute approximate surface area is 179 Å². The lowest BCUT2D eigenvalue weighted by Crippen LogP contribution is -2.14. The number of thioether (sulfide) groups is 1. The maximum Gasteiger partial charge on any atom is 0.234 e. The number of fused-ring (bicyclic) bond motifs is 1. The number of ether oxygens (including phenoxy) is 1. The molecule has 1 aromatic heterocycles. The minimum absolute atomic E-state index is 0.0810. The molecule has 0 aliphatic rings. The van der Waals surface area contributed by atoms with Crippen LogP contribution in [0.4, 0.5) is 5.69 Å². The van der Waals surface area contributed by atoms with Gasteiger partial charge in [-0.15, -0.1) is 10.2 Å². The third kappa shape index (κ3) is 4.80. The summed E-state index contributed by atoms with van der Waals surface area (Å²) < 4.78 is 7.75. The fourth-order valence-corrected chi connectivity index (χ4v) is 3.78. The molecule has 1 amide bonds. The molecule has 7 heteroatoms. The average molecular weight is 419 g/mol. The van der Waals surface area contributed by atoms with Gasteiger partial charge in [0.15, 0.2) is 11.0 Å². The van der Waals surface area contributed by atoms with E-state index >= 15 is 0 Å². The Balaban J connectivity index is 1.33. The van der Waals surface area contributed by atoms with Crippen LogP contribution in [0.1, 0.15) is 11.4 Å². The second-order valence-corrected chi connectivity index (χ2v) is 7.90. The second-order valence-electron chi connectivity index (χ2n) is 6.96. The van der Waals surface area contributed by atoms with Gasteiger partial charge in [0.05, 0.1) is 5.75 Å². The van der Waals surface area contributed by atoms with Crippen LogP contribution in [-0.4, -0.2) is 26.4 Å². The minimum atomic E-state index is -0.0810. The van der Waals surface area contributed by atoms with Crippen LogP contribution in [0.5, 0.6) is 5.75 Å². The molecule has 1 heterocycles. The van der Waals surface area contributed by atoms with Crippen LogP contribution >= 0.6 is 11.8 Å². The third-order valence-corrected chi connectivity index (χ3v) is 5.67. The zero-order valence-corrected chi connectivity index (χ0v) is 17.6. The van der Waals surface area contributed by atoms with E-state index in [0.29, 0.717) is 17.6 Å². The van der Waals surface area contributed by atoms with Crippen molar-refractivity contribution < 1.29 is 9.53 Å². The van der Waals surface area contributed by atoms with Gasteiger partial charge in [-0.1, -0.05) is 54.2 Å². The summed E-state index contributed by atoms with van der Waals surface area (Å²) in [4.78, 5) is 12.2. The molecule has 0 fully saturated rings. The lowest BCUT2D eigenvalue weighted by atomic mass is 10.1. The Morgan fingerprint density at radius 1 is 1.03 bits per heavy atom. The lowest BCUT2D eigenvalue weighted by molar-refractivity contribution is -0.113. The highest BCUT2D eigenvalue weighted by Crippen LogP contribution is 2.22. The standard InChI is InChI=1S/C23H22N4O2S/c1-16-6-5-9-19(12-16)24-22(28)15-30-23-26-25-21(27(23)2)14-29-20-11-10-17-7-3-4-8-18(17)13-20/h3-13H,14-15H2,1-2H3,(H,24,28). The molecule has 0 aliphatic carbocycles. The number of amides is 1. The quantitative estimate of drug-likeness (QED) is 0.445. The number of hydrogen-bond acceptors (Lipinski definition) is 5. The summed E-state index contributed by atoms with van der Waals surface area (Å²) in [5.41, 5.74) is 1.90. The number of hydrogen-bond donors (Lipinski definition) is 1. The van der Waals surface area contributed by atoms with Crippen LogP contribution in [0.3, 0.4) is 0 Å². The molecule has 4 rings (SSSR count). The number of rotatable bonds is 7. The fourth-order valence-electron chi connectivity index (χ4n) is 3.05. The van der Waals surface area contributed by atoms with Crippen molar-refractivity contribution in [1.29, 1.82) is 0 Å². The molecule has 152 valence electrons. The molecular formula is C23H22N4O2S. The predicted molar refractivity (Wildman–Crippen MR) is 120 cm³/mol. The van der Waals surface area contributed by atoms with Gasteiger partial charge in [-0.3, -0.25) is 4.79 Å². The molecule has 0 saturated heterocycles. The lowest BCUT2D eigenvalue weighted by Gasteiger charge is -2.08. The molecule has 0 aliphatic heterocycles. The van der Waals surface area contributed by atoms with Gasteiger partial charge < -0.3 is 14.6 Å². The molecule has 1 N–H and O–H groups in total. The Hall–Kier alpha value is -3.32. The molecule has 0 spiro atoms. The first-order valence-electron chi connectivity index (χ1n) is 9.58. The van der Waals surface area contributed by atoms with E-state index < -0.39 is 0 Å². The number of anilines is 1. The summed E-state index contributed by atoms with van der Waals surface area (Å²) in [6.45, 7) is 2.30. The number of aryl methyl sites for hydroxylation is 1. The largest absolute Gasteiger partial charge is 0.486 e. The SMILES string of the molecule is Cc1cccc(NC(=O)CSc2nnc(COc3ccc4ccccc4c3)n2C)c1. The second kappa shape index (κ2) is 9.00. The van der Waals surface area contributed by atoms with E-state index in [1.54, 1.807) is 0 Å². The van der Waals surface area contributed by atoms with Gasteiger partial charge in [0.2, 0.25) is 5.91 Å². The molecule has 0 saturated carbocycles. The highest BCUT2D eigenvalue weighted by atomic mass is 32.2. The molecule has 0 radical (unpaired) electrons. The summed E-state index contributed by atoms with van der Waals surface area (Å²) in [6, 6.07) is 21.9. The topological polar surface area (TPSA) is 69.0 Å². The summed E-state index contributed by atoms with van der Waals surface area (Å²) in [7, 11) is 1.87. The number of aromatic nitrogens is 3. The molecule has 0 bridgehead atoms. The highest BCUT2D eigenvalue weighted by molar-refractivity contribution is 7.99. The van der Waals surface area contributed by atoms with Gasteiger partial charge in [-0.05, 0) is 47.5 Å². The van der Waals surface area contributed by atoms with Crippen molar-refractivity contribution in [2.24, 2.45) is 7.05 Å². The average Bonchev–Trinajstić information content (AvgIpc) is 3.10.